The van der Waals surface area contributed by atoms with Gasteiger partial charge in [-0.15, -0.1) is 0 Å². The van der Waals surface area contributed by atoms with Gasteiger partial charge in [0.05, 0.1) is 10.9 Å². The molecule has 16 heavy (non-hydrogen) atoms. The van der Waals surface area contributed by atoms with Gasteiger partial charge in [-0.25, -0.2) is 8.42 Å². The van der Waals surface area contributed by atoms with E-state index in [0.717, 1.165) is 6.26 Å². The van der Waals surface area contributed by atoms with Crippen LogP contribution in [0.5, 0.6) is 0 Å². The number of sulfone groups is 1. The van der Waals surface area contributed by atoms with Gasteiger partial charge in [0.2, 0.25) is 5.91 Å². The van der Waals surface area contributed by atoms with E-state index in [1.165, 1.54) is 24.3 Å². The first-order valence-electron chi connectivity index (χ1n) is 4.67. The number of hydrogen-bond donors (Lipinski definition) is 2. The van der Waals surface area contributed by atoms with Crippen LogP contribution >= 0.6 is 0 Å². The fourth-order valence-corrected chi connectivity index (χ4v) is 1.67. The first-order valence-corrected chi connectivity index (χ1v) is 6.56. The standard InChI is InChI=1S/C10H14N2O3S/c1-7(11)10(13)12-8-3-5-9(6-4-8)16(2,14)15/h3-7H,11H2,1-2H3,(H,12,13)/t7-/m0/s1. The number of carbonyl (C=O) groups is 1. The van der Waals surface area contributed by atoms with Crippen molar-refractivity contribution in [2.45, 2.75) is 17.9 Å². The maximum absolute atomic E-state index is 11.2. The summed E-state index contributed by atoms with van der Waals surface area (Å²) in [5, 5.41) is 2.56. The Hall–Kier alpha value is -1.40. The van der Waals surface area contributed by atoms with Crippen LogP contribution in [0.15, 0.2) is 29.2 Å². The molecule has 0 spiro atoms. The number of nitrogens with two attached hydrogens (primary N) is 1. The van der Waals surface area contributed by atoms with Crippen molar-refractivity contribution in [2.24, 2.45) is 5.73 Å². The lowest BCUT2D eigenvalue weighted by atomic mass is 10.3. The summed E-state index contributed by atoms with van der Waals surface area (Å²) in [7, 11) is -3.20. The summed E-state index contributed by atoms with van der Waals surface area (Å²) >= 11 is 0. The van der Waals surface area contributed by atoms with E-state index in [1.807, 2.05) is 0 Å². The number of anilines is 1. The molecular formula is C10H14N2O3S. The summed E-state index contributed by atoms with van der Waals surface area (Å²) in [6.07, 6.45) is 1.13. The second-order valence-corrected chi connectivity index (χ2v) is 5.59. The SMILES string of the molecule is C[C@H](N)C(=O)Nc1ccc(S(C)(=O)=O)cc1. The largest absolute Gasteiger partial charge is 0.325 e. The van der Waals surface area contributed by atoms with Crippen molar-refractivity contribution in [1.29, 1.82) is 0 Å². The van der Waals surface area contributed by atoms with Gasteiger partial charge in [0.25, 0.3) is 0 Å². The summed E-state index contributed by atoms with van der Waals surface area (Å²) in [6, 6.07) is 5.32. The third kappa shape index (κ3) is 3.32. The maximum Gasteiger partial charge on any atom is 0.240 e. The highest BCUT2D eigenvalue weighted by atomic mass is 32.2. The summed E-state index contributed by atoms with van der Waals surface area (Å²) in [5.74, 6) is -0.313. The van der Waals surface area contributed by atoms with Gasteiger partial charge in [-0.3, -0.25) is 4.79 Å². The number of hydrogen-bond acceptors (Lipinski definition) is 4. The fraction of sp³-hybridized carbons (Fsp3) is 0.300. The van der Waals surface area contributed by atoms with E-state index in [1.54, 1.807) is 6.92 Å². The molecule has 0 aromatic heterocycles. The smallest absolute Gasteiger partial charge is 0.240 e. The predicted molar refractivity (Wildman–Crippen MR) is 61.8 cm³/mol. The number of benzene rings is 1. The van der Waals surface area contributed by atoms with E-state index in [-0.39, 0.29) is 10.8 Å². The molecule has 1 aromatic carbocycles. The first kappa shape index (κ1) is 12.7. The number of carbonyl (C=O) groups excluding carboxylic acids is 1. The number of rotatable bonds is 3. The topological polar surface area (TPSA) is 89.3 Å². The van der Waals surface area contributed by atoms with Gasteiger partial charge >= 0.3 is 0 Å². The molecule has 1 rings (SSSR count). The molecule has 0 fully saturated rings. The molecule has 3 N–H and O–H groups in total. The van der Waals surface area contributed by atoms with Gasteiger partial charge in [-0.1, -0.05) is 0 Å². The average molecular weight is 242 g/mol. The third-order valence-electron chi connectivity index (χ3n) is 1.96. The van der Waals surface area contributed by atoms with Crippen molar-refractivity contribution in [3.8, 4) is 0 Å². The normalized spacial score (nSPS) is 13.2. The second-order valence-electron chi connectivity index (χ2n) is 3.57. The van der Waals surface area contributed by atoms with Crippen LogP contribution in [-0.4, -0.2) is 26.6 Å². The Balaban J connectivity index is 2.84. The van der Waals surface area contributed by atoms with Gasteiger partial charge in [0.1, 0.15) is 0 Å². The Labute approximate surface area is 94.6 Å². The quantitative estimate of drug-likeness (QED) is 0.801. The van der Waals surface area contributed by atoms with E-state index >= 15 is 0 Å². The van der Waals surface area contributed by atoms with Crippen molar-refractivity contribution >= 4 is 21.4 Å². The molecule has 0 unspecified atom stereocenters. The molecule has 1 amide bonds. The van der Waals surface area contributed by atoms with Crippen molar-refractivity contribution in [3.05, 3.63) is 24.3 Å². The highest BCUT2D eigenvalue weighted by Crippen LogP contribution is 2.13. The maximum atomic E-state index is 11.2. The second kappa shape index (κ2) is 4.63. The van der Waals surface area contributed by atoms with E-state index < -0.39 is 15.9 Å². The van der Waals surface area contributed by atoms with Gasteiger partial charge < -0.3 is 11.1 Å². The molecule has 0 aliphatic carbocycles. The van der Waals surface area contributed by atoms with Crippen LogP contribution in [0.3, 0.4) is 0 Å². The minimum absolute atomic E-state index is 0.214. The van der Waals surface area contributed by atoms with E-state index in [2.05, 4.69) is 5.32 Å². The van der Waals surface area contributed by atoms with Crippen LogP contribution < -0.4 is 11.1 Å². The lowest BCUT2D eigenvalue weighted by Crippen LogP contribution is -2.32. The zero-order valence-corrected chi connectivity index (χ0v) is 9.91. The molecule has 0 heterocycles. The monoisotopic (exact) mass is 242 g/mol. The number of nitrogens with one attached hydrogen (secondary N) is 1. The van der Waals surface area contributed by atoms with E-state index in [9.17, 15) is 13.2 Å². The summed E-state index contributed by atoms with van der Waals surface area (Å²) in [5.41, 5.74) is 5.90. The summed E-state index contributed by atoms with van der Waals surface area (Å²) < 4.78 is 22.3. The highest BCUT2D eigenvalue weighted by molar-refractivity contribution is 7.90. The third-order valence-corrected chi connectivity index (χ3v) is 3.09. The van der Waals surface area contributed by atoms with Crippen LogP contribution in [0.2, 0.25) is 0 Å². The minimum atomic E-state index is -3.20. The fourth-order valence-electron chi connectivity index (χ4n) is 1.04. The molecule has 0 saturated carbocycles. The van der Waals surface area contributed by atoms with Crippen molar-refractivity contribution < 1.29 is 13.2 Å². The Morgan fingerprint density at radius 3 is 2.19 bits per heavy atom. The van der Waals surface area contributed by atoms with Crippen LogP contribution in [0, 0.1) is 0 Å². The predicted octanol–water partition coefficient (Wildman–Crippen LogP) is 0.376. The minimum Gasteiger partial charge on any atom is -0.325 e. The molecular weight excluding hydrogens is 228 g/mol. The molecule has 5 nitrogen and oxygen atoms in total. The van der Waals surface area contributed by atoms with Crippen LogP contribution in [0.25, 0.3) is 0 Å². The van der Waals surface area contributed by atoms with Gasteiger partial charge in [-0.2, -0.15) is 0 Å². The van der Waals surface area contributed by atoms with Crippen LogP contribution in [-0.2, 0) is 14.6 Å². The lowest BCUT2D eigenvalue weighted by molar-refractivity contribution is -0.117. The summed E-state index contributed by atoms with van der Waals surface area (Å²) in [6.45, 7) is 1.57. The molecule has 0 bridgehead atoms. The molecule has 1 atom stereocenters. The van der Waals surface area contributed by atoms with Gasteiger partial charge in [-0.05, 0) is 31.2 Å². The van der Waals surface area contributed by atoms with Crippen molar-refractivity contribution in [2.75, 3.05) is 11.6 Å². The molecule has 0 aliphatic heterocycles. The van der Waals surface area contributed by atoms with Crippen molar-refractivity contribution in [1.82, 2.24) is 0 Å². The Bertz CT molecular complexity index is 477. The highest BCUT2D eigenvalue weighted by Gasteiger charge is 2.09. The summed E-state index contributed by atoms with van der Waals surface area (Å²) in [4.78, 5) is 11.5. The molecule has 0 radical (unpaired) electrons. The Morgan fingerprint density at radius 1 is 1.31 bits per heavy atom. The molecule has 6 heteroatoms. The van der Waals surface area contributed by atoms with E-state index in [0.29, 0.717) is 5.69 Å². The Kier molecular flexibility index (Phi) is 3.66. The van der Waals surface area contributed by atoms with Crippen LogP contribution in [0.1, 0.15) is 6.92 Å². The zero-order valence-electron chi connectivity index (χ0n) is 9.10. The van der Waals surface area contributed by atoms with Gasteiger partial charge in [0.15, 0.2) is 9.84 Å². The molecule has 0 aliphatic rings. The van der Waals surface area contributed by atoms with Gasteiger partial charge in [0, 0.05) is 11.9 Å². The van der Waals surface area contributed by atoms with Crippen LogP contribution in [0.4, 0.5) is 5.69 Å². The molecule has 1 aromatic rings. The number of amides is 1. The average Bonchev–Trinajstić information content (AvgIpc) is 2.17. The Morgan fingerprint density at radius 2 is 1.81 bits per heavy atom. The molecule has 88 valence electrons. The zero-order chi connectivity index (χ0) is 12.3. The lowest BCUT2D eigenvalue weighted by Gasteiger charge is -2.07. The van der Waals surface area contributed by atoms with E-state index in [4.69, 9.17) is 5.73 Å². The van der Waals surface area contributed by atoms with Crippen molar-refractivity contribution in [3.63, 3.8) is 0 Å². The molecule has 0 saturated heterocycles. The first-order chi connectivity index (χ1) is 7.30.